The summed E-state index contributed by atoms with van der Waals surface area (Å²) in [5.41, 5.74) is -0.446. The van der Waals surface area contributed by atoms with Crippen molar-refractivity contribution in [2.75, 3.05) is 7.11 Å². The zero-order valence-electron chi connectivity index (χ0n) is 11.7. The van der Waals surface area contributed by atoms with Gasteiger partial charge in [-0.1, -0.05) is 30.3 Å². The molecule has 6 heteroatoms. The van der Waals surface area contributed by atoms with Gasteiger partial charge in [-0.25, -0.2) is 0 Å². The highest BCUT2D eigenvalue weighted by Crippen LogP contribution is 2.42. The zero-order valence-corrected chi connectivity index (χ0v) is 11.7. The number of carbonyl (C=O) groups is 1. The molecule has 0 radical (unpaired) electrons. The normalized spacial score (nSPS) is 11.1. The van der Waals surface area contributed by atoms with Gasteiger partial charge in [0.25, 0.3) is 0 Å². The SMILES string of the molecule is COc1cc(C=O)cc(C(F)(F)F)c1OCc1ccccc1. The first-order chi connectivity index (χ1) is 10.5. The molecule has 0 amide bonds. The van der Waals surface area contributed by atoms with Crippen LogP contribution in [0.25, 0.3) is 0 Å². The van der Waals surface area contributed by atoms with Gasteiger partial charge in [0.2, 0.25) is 0 Å². The molecule has 2 rings (SSSR count). The third-order valence-electron chi connectivity index (χ3n) is 2.96. The summed E-state index contributed by atoms with van der Waals surface area (Å²) in [5.74, 6) is -0.558. The summed E-state index contributed by atoms with van der Waals surface area (Å²) in [7, 11) is 1.22. The summed E-state index contributed by atoms with van der Waals surface area (Å²) >= 11 is 0. The summed E-state index contributed by atoms with van der Waals surface area (Å²) in [6.45, 7) is -0.0410. The zero-order chi connectivity index (χ0) is 16.2. The number of methoxy groups -OCH3 is 1. The van der Waals surface area contributed by atoms with E-state index in [0.29, 0.717) is 6.29 Å². The molecule has 0 atom stereocenters. The summed E-state index contributed by atoms with van der Waals surface area (Å²) in [4.78, 5) is 10.8. The van der Waals surface area contributed by atoms with Gasteiger partial charge in [-0.2, -0.15) is 13.2 Å². The summed E-state index contributed by atoms with van der Waals surface area (Å²) in [6, 6.07) is 10.7. The molecule has 0 unspecified atom stereocenters. The Hall–Kier alpha value is -2.50. The number of ether oxygens (including phenoxy) is 2. The molecule has 0 saturated carbocycles. The van der Waals surface area contributed by atoms with Crippen molar-refractivity contribution in [3.63, 3.8) is 0 Å². The monoisotopic (exact) mass is 310 g/mol. The van der Waals surface area contributed by atoms with E-state index >= 15 is 0 Å². The minimum Gasteiger partial charge on any atom is -0.493 e. The van der Waals surface area contributed by atoms with Crippen molar-refractivity contribution < 1.29 is 27.4 Å². The molecule has 0 fully saturated rings. The average molecular weight is 310 g/mol. The number of benzene rings is 2. The Morgan fingerprint density at radius 3 is 2.36 bits per heavy atom. The van der Waals surface area contributed by atoms with Crippen molar-refractivity contribution in [2.24, 2.45) is 0 Å². The smallest absolute Gasteiger partial charge is 0.420 e. The number of hydrogen-bond donors (Lipinski definition) is 0. The Balaban J connectivity index is 2.41. The van der Waals surface area contributed by atoms with Crippen LogP contribution in [0.3, 0.4) is 0 Å². The van der Waals surface area contributed by atoms with Crippen LogP contribution in [0, 0.1) is 0 Å². The first-order valence-corrected chi connectivity index (χ1v) is 6.37. The van der Waals surface area contributed by atoms with Crippen LogP contribution in [0.1, 0.15) is 21.5 Å². The van der Waals surface area contributed by atoms with E-state index in [1.165, 1.54) is 13.2 Å². The van der Waals surface area contributed by atoms with Gasteiger partial charge in [0.1, 0.15) is 18.5 Å². The molecule has 2 aromatic rings. The largest absolute Gasteiger partial charge is 0.493 e. The lowest BCUT2D eigenvalue weighted by molar-refractivity contribution is -0.139. The van der Waals surface area contributed by atoms with E-state index in [4.69, 9.17) is 9.47 Å². The van der Waals surface area contributed by atoms with Crippen molar-refractivity contribution in [3.8, 4) is 11.5 Å². The third kappa shape index (κ3) is 3.58. The van der Waals surface area contributed by atoms with Gasteiger partial charge in [-0.15, -0.1) is 0 Å². The Morgan fingerprint density at radius 2 is 1.82 bits per heavy atom. The van der Waals surface area contributed by atoms with Crippen LogP contribution >= 0.6 is 0 Å². The van der Waals surface area contributed by atoms with Crippen LogP contribution in [0.15, 0.2) is 42.5 Å². The lowest BCUT2D eigenvalue weighted by Crippen LogP contribution is -2.11. The Labute approximate surface area is 125 Å². The molecule has 3 nitrogen and oxygen atoms in total. The van der Waals surface area contributed by atoms with Crippen molar-refractivity contribution in [2.45, 2.75) is 12.8 Å². The van der Waals surface area contributed by atoms with E-state index in [9.17, 15) is 18.0 Å². The van der Waals surface area contributed by atoms with E-state index in [1.807, 2.05) is 0 Å². The van der Waals surface area contributed by atoms with Crippen LogP contribution in [-0.2, 0) is 12.8 Å². The van der Waals surface area contributed by atoms with Crippen molar-refractivity contribution in [1.82, 2.24) is 0 Å². The second kappa shape index (κ2) is 6.51. The number of halogens is 3. The topological polar surface area (TPSA) is 35.5 Å². The molecule has 22 heavy (non-hydrogen) atoms. The molecule has 0 spiro atoms. The Bertz CT molecular complexity index is 652. The van der Waals surface area contributed by atoms with Gasteiger partial charge in [0.05, 0.1) is 7.11 Å². The maximum atomic E-state index is 13.2. The third-order valence-corrected chi connectivity index (χ3v) is 2.96. The maximum absolute atomic E-state index is 13.2. The van der Waals surface area contributed by atoms with E-state index < -0.39 is 17.5 Å². The fraction of sp³-hybridized carbons (Fsp3) is 0.188. The molecule has 0 aliphatic rings. The highest BCUT2D eigenvalue weighted by atomic mass is 19.4. The lowest BCUT2D eigenvalue weighted by atomic mass is 10.1. The van der Waals surface area contributed by atoms with Gasteiger partial charge in [0, 0.05) is 5.56 Å². The maximum Gasteiger partial charge on any atom is 0.420 e. The molecule has 0 aromatic heterocycles. The van der Waals surface area contributed by atoms with Crippen LogP contribution in [-0.4, -0.2) is 13.4 Å². The Kier molecular flexibility index (Phi) is 4.70. The van der Waals surface area contributed by atoms with Gasteiger partial charge in [-0.3, -0.25) is 4.79 Å². The van der Waals surface area contributed by atoms with Crippen molar-refractivity contribution in [1.29, 1.82) is 0 Å². The van der Waals surface area contributed by atoms with Crippen LogP contribution in [0.2, 0.25) is 0 Å². The summed E-state index contributed by atoms with van der Waals surface area (Å²) in [6.07, 6.45) is -4.32. The second-order valence-corrected chi connectivity index (χ2v) is 4.49. The second-order valence-electron chi connectivity index (χ2n) is 4.49. The first kappa shape index (κ1) is 15.9. The summed E-state index contributed by atoms with van der Waals surface area (Å²) in [5, 5.41) is 0. The fourth-order valence-electron chi connectivity index (χ4n) is 1.93. The molecular formula is C16H13F3O3. The number of aldehydes is 1. The van der Waals surface area contributed by atoms with Crippen molar-refractivity contribution >= 4 is 6.29 Å². The van der Waals surface area contributed by atoms with Crippen LogP contribution in [0.4, 0.5) is 13.2 Å². The first-order valence-electron chi connectivity index (χ1n) is 6.37. The minimum atomic E-state index is -4.65. The predicted molar refractivity (Wildman–Crippen MR) is 74.2 cm³/mol. The van der Waals surface area contributed by atoms with E-state index in [0.717, 1.165) is 11.6 Å². The van der Waals surface area contributed by atoms with Gasteiger partial charge < -0.3 is 9.47 Å². The molecule has 116 valence electrons. The molecule has 0 saturated heterocycles. The lowest BCUT2D eigenvalue weighted by Gasteiger charge is -2.17. The molecule has 0 N–H and O–H groups in total. The number of hydrogen-bond acceptors (Lipinski definition) is 3. The Morgan fingerprint density at radius 1 is 1.14 bits per heavy atom. The quantitative estimate of drug-likeness (QED) is 0.780. The minimum absolute atomic E-state index is 0.0410. The molecule has 0 heterocycles. The standard InChI is InChI=1S/C16H13F3O3/c1-21-14-8-12(9-20)7-13(16(17,18)19)15(14)22-10-11-5-3-2-4-6-11/h2-9H,10H2,1H3. The highest BCUT2D eigenvalue weighted by molar-refractivity contribution is 5.77. The van der Waals surface area contributed by atoms with E-state index in [2.05, 4.69) is 0 Å². The van der Waals surface area contributed by atoms with Gasteiger partial charge >= 0.3 is 6.18 Å². The van der Waals surface area contributed by atoms with Gasteiger partial charge in [0.15, 0.2) is 11.5 Å². The number of alkyl halides is 3. The average Bonchev–Trinajstić information content (AvgIpc) is 2.52. The molecule has 0 aliphatic carbocycles. The fourth-order valence-corrected chi connectivity index (χ4v) is 1.93. The highest BCUT2D eigenvalue weighted by Gasteiger charge is 2.36. The van der Waals surface area contributed by atoms with E-state index in [1.54, 1.807) is 30.3 Å². The summed E-state index contributed by atoms with van der Waals surface area (Å²) < 4.78 is 49.7. The van der Waals surface area contributed by atoms with Crippen LogP contribution < -0.4 is 9.47 Å². The van der Waals surface area contributed by atoms with Gasteiger partial charge in [-0.05, 0) is 17.7 Å². The number of carbonyl (C=O) groups excluding carboxylic acids is 1. The predicted octanol–water partition coefficient (Wildman–Crippen LogP) is 4.11. The number of rotatable bonds is 5. The van der Waals surface area contributed by atoms with Crippen LogP contribution in [0.5, 0.6) is 11.5 Å². The molecular weight excluding hydrogens is 297 g/mol. The molecule has 0 aliphatic heterocycles. The molecule has 0 bridgehead atoms. The van der Waals surface area contributed by atoms with Crippen molar-refractivity contribution in [3.05, 3.63) is 59.2 Å². The van der Waals surface area contributed by atoms with E-state index in [-0.39, 0.29) is 17.9 Å². The molecule has 2 aromatic carbocycles.